The van der Waals surface area contributed by atoms with Crippen LogP contribution in [-0.2, 0) is 27.9 Å². The van der Waals surface area contributed by atoms with Crippen LogP contribution in [0.4, 0.5) is 4.79 Å². The van der Waals surface area contributed by atoms with E-state index in [1.807, 2.05) is 84.9 Å². The minimum Gasteiger partial charge on any atom is -0.492 e. The topological polar surface area (TPSA) is 107 Å². The van der Waals surface area contributed by atoms with Crippen LogP contribution in [0.25, 0.3) is 10.9 Å². The van der Waals surface area contributed by atoms with Gasteiger partial charge in [0.15, 0.2) is 0 Å². The van der Waals surface area contributed by atoms with Gasteiger partial charge in [-0.15, -0.1) is 0 Å². The van der Waals surface area contributed by atoms with Crippen molar-refractivity contribution in [3.63, 3.8) is 0 Å². The minimum absolute atomic E-state index is 0.154. The number of benzene rings is 3. The number of hydrogen-bond donors (Lipinski definition) is 1. The molecule has 1 N–H and O–H groups in total. The number of likely N-dealkylation sites (tertiary alicyclic amines) is 1. The highest BCUT2D eigenvalue weighted by Gasteiger charge is 2.30. The van der Waals surface area contributed by atoms with Crippen molar-refractivity contribution in [1.82, 2.24) is 14.2 Å². The highest BCUT2D eigenvalue weighted by atomic mass is 32.2. The highest BCUT2D eigenvalue weighted by molar-refractivity contribution is 7.90. The van der Waals surface area contributed by atoms with Gasteiger partial charge in [-0.3, -0.25) is 4.79 Å². The van der Waals surface area contributed by atoms with Crippen molar-refractivity contribution in [2.75, 3.05) is 18.9 Å². The highest BCUT2D eigenvalue weighted by Crippen LogP contribution is 2.23. The number of rotatable bonds is 11. The smallest absolute Gasteiger partial charge is 0.410 e. The van der Waals surface area contributed by atoms with Gasteiger partial charge in [0.1, 0.15) is 24.7 Å². The van der Waals surface area contributed by atoms with Crippen LogP contribution >= 0.6 is 0 Å². The van der Waals surface area contributed by atoms with E-state index in [2.05, 4.69) is 4.72 Å². The summed E-state index contributed by atoms with van der Waals surface area (Å²) in [5.41, 5.74) is 1.93. The molecule has 3 aromatic carbocycles. The number of nitrogens with one attached hydrogen (secondary N) is 1. The van der Waals surface area contributed by atoms with Crippen LogP contribution in [0.3, 0.4) is 0 Å². The SMILES string of the molecule is O=C(NS(=O)(=O)CC[C@@H]1CCCCN1C(=O)OCc1ccccc1)c1cc2ccccc2n1CCOc1ccccc1. The predicted molar refractivity (Wildman–Crippen MR) is 161 cm³/mol. The van der Waals surface area contributed by atoms with Crippen molar-refractivity contribution in [3.05, 3.63) is 102 Å². The fourth-order valence-electron chi connectivity index (χ4n) is 5.29. The number of sulfonamides is 1. The molecule has 0 aliphatic carbocycles. The molecule has 0 bridgehead atoms. The fourth-order valence-corrected chi connectivity index (χ4v) is 6.36. The third-order valence-corrected chi connectivity index (χ3v) is 8.67. The summed E-state index contributed by atoms with van der Waals surface area (Å²) in [7, 11) is -3.97. The van der Waals surface area contributed by atoms with Crippen LogP contribution in [0.2, 0.25) is 0 Å². The molecule has 1 atom stereocenters. The molecule has 1 aliphatic heterocycles. The zero-order valence-corrected chi connectivity index (χ0v) is 24.2. The van der Waals surface area contributed by atoms with Gasteiger partial charge in [-0.25, -0.2) is 17.9 Å². The summed E-state index contributed by atoms with van der Waals surface area (Å²) in [6, 6.07) is 27.7. The summed E-state index contributed by atoms with van der Waals surface area (Å²) in [5, 5.41) is 0.826. The Morgan fingerprint density at radius 1 is 0.905 bits per heavy atom. The molecule has 10 heteroatoms. The van der Waals surface area contributed by atoms with Gasteiger partial charge in [0.25, 0.3) is 5.91 Å². The Morgan fingerprint density at radius 3 is 2.40 bits per heavy atom. The molecule has 4 aromatic rings. The molecule has 0 saturated carbocycles. The molecule has 220 valence electrons. The second-order valence-electron chi connectivity index (χ2n) is 10.3. The van der Waals surface area contributed by atoms with E-state index in [0.717, 1.165) is 29.3 Å². The Bertz CT molecular complexity index is 1610. The summed E-state index contributed by atoms with van der Waals surface area (Å²) in [4.78, 5) is 27.8. The summed E-state index contributed by atoms with van der Waals surface area (Å²) >= 11 is 0. The monoisotopic (exact) mass is 589 g/mol. The third-order valence-electron chi connectivity index (χ3n) is 7.40. The van der Waals surface area contributed by atoms with Gasteiger partial charge < -0.3 is 18.9 Å². The molecule has 2 amide bonds. The van der Waals surface area contributed by atoms with E-state index >= 15 is 0 Å². The molecule has 0 unspecified atom stereocenters. The van der Waals surface area contributed by atoms with E-state index in [9.17, 15) is 18.0 Å². The number of nitrogens with zero attached hydrogens (tertiary/aromatic N) is 2. The van der Waals surface area contributed by atoms with Gasteiger partial charge in [-0.2, -0.15) is 0 Å². The van der Waals surface area contributed by atoms with Crippen LogP contribution in [0.15, 0.2) is 91.0 Å². The molecule has 1 fully saturated rings. The number of para-hydroxylation sites is 2. The lowest BCUT2D eigenvalue weighted by atomic mass is 10.0. The molecule has 1 aliphatic rings. The molecular weight excluding hydrogens is 554 g/mol. The first-order chi connectivity index (χ1) is 20.4. The lowest BCUT2D eigenvalue weighted by Crippen LogP contribution is -2.45. The molecule has 0 spiro atoms. The van der Waals surface area contributed by atoms with Crippen molar-refractivity contribution in [2.45, 2.75) is 44.9 Å². The molecule has 0 radical (unpaired) electrons. The number of piperidine rings is 1. The van der Waals surface area contributed by atoms with Gasteiger partial charge in [-0.1, -0.05) is 66.7 Å². The second-order valence-corrected chi connectivity index (χ2v) is 12.2. The van der Waals surface area contributed by atoms with Gasteiger partial charge >= 0.3 is 6.09 Å². The van der Waals surface area contributed by atoms with E-state index in [1.54, 1.807) is 15.5 Å². The standard InChI is InChI=1S/C32H35N3O6S/c36-31(30-23-26-13-7-8-17-29(26)35(30)20-21-40-28-15-5-2-6-16-28)33-42(38,39)22-18-27-14-9-10-19-34(27)32(37)41-24-25-11-3-1-4-12-25/h1-8,11-13,15-17,23,27H,9-10,14,18-22,24H2,(H,33,36)/t27-/m0/s1. The predicted octanol–water partition coefficient (Wildman–Crippen LogP) is 5.36. The zero-order valence-electron chi connectivity index (χ0n) is 23.4. The number of amides is 2. The number of fused-ring (bicyclic) bond motifs is 1. The summed E-state index contributed by atoms with van der Waals surface area (Å²) < 4.78 is 41.5. The summed E-state index contributed by atoms with van der Waals surface area (Å²) in [6.07, 6.45) is 2.16. The first-order valence-corrected chi connectivity index (χ1v) is 15.8. The Kier molecular flexibility index (Phi) is 9.43. The molecule has 9 nitrogen and oxygen atoms in total. The second kappa shape index (κ2) is 13.6. The quantitative estimate of drug-likeness (QED) is 0.252. The third kappa shape index (κ3) is 7.50. The fraction of sp³-hybridized carbons (Fsp3) is 0.312. The molecule has 42 heavy (non-hydrogen) atoms. The van der Waals surface area contributed by atoms with E-state index in [1.165, 1.54) is 0 Å². The van der Waals surface area contributed by atoms with Crippen LogP contribution in [-0.4, -0.2) is 54.8 Å². The Hall–Kier alpha value is -4.31. The van der Waals surface area contributed by atoms with Crippen molar-refractivity contribution >= 4 is 32.9 Å². The maximum Gasteiger partial charge on any atom is 0.410 e. The number of carbonyl (C=O) groups excluding carboxylic acids is 2. The maximum absolute atomic E-state index is 13.3. The number of carbonyl (C=O) groups is 2. The zero-order chi connectivity index (χ0) is 29.4. The van der Waals surface area contributed by atoms with E-state index < -0.39 is 22.0 Å². The van der Waals surface area contributed by atoms with Crippen molar-refractivity contribution in [3.8, 4) is 5.75 Å². The van der Waals surface area contributed by atoms with Crippen LogP contribution in [0.5, 0.6) is 5.75 Å². The molecular formula is C32H35N3O6S. The Balaban J connectivity index is 1.21. The molecule has 1 aromatic heterocycles. The van der Waals surface area contributed by atoms with Crippen LogP contribution in [0, 0.1) is 0 Å². The van der Waals surface area contributed by atoms with Crippen LogP contribution < -0.4 is 9.46 Å². The lowest BCUT2D eigenvalue weighted by Gasteiger charge is -2.34. The average Bonchev–Trinajstić information content (AvgIpc) is 3.39. The molecule has 1 saturated heterocycles. The largest absolute Gasteiger partial charge is 0.492 e. The molecule has 2 heterocycles. The minimum atomic E-state index is -3.97. The van der Waals surface area contributed by atoms with E-state index in [0.29, 0.717) is 31.9 Å². The first-order valence-electron chi connectivity index (χ1n) is 14.2. The van der Waals surface area contributed by atoms with Gasteiger partial charge in [0.05, 0.1) is 12.3 Å². The Morgan fingerprint density at radius 2 is 1.62 bits per heavy atom. The average molecular weight is 590 g/mol. The van der Waals surface area contributed by atoms with E-state index in [4.69, 9.17) is 9.47 Å². The number of aromatic nitrogens is 1. The van der Waals surface area contributed by atoms with Crippen LogP contribution in [0.1, 0.15) is 41.7 Å². The normalized spacial score (nSPS) is 15.3. The summed E-state index contributed by atoms with van der Waals surface area (Å²) in [6.45, 7) is 1.32. The van der Waals surface area contributed by atoms with Gasteiger partial charge in [0, 0.05) is 23.5 Å². The lowest BCUT2D eigenvalue weighted by molar-refractivity contribution is 0.0672. The number of hydrogen-bond acceptors (Lipinski definition) is 6. The van der Waals surface area contributed by atoms with Gasteiger partial charge in [-0.05, 0) is 55.5 Å². The maximum atomic E-state index is 13.3. The Labute approximate surface area is 246 Å². The first kappa shape index (κ1) is 29.2. The van der Waals surface area contributed by atoms with Gasteiger partial charge in [0.2, 0.25) is 10.0 Å². The van der Waals surface area contributed by atoms with E-state index in [-0.39, 0.29) is 30.5 Å². The van der Waals surface area contributed by atoms with Crippen molar-refractivity contribution in [2.24, 2.45) is 0 Å². The number of ether oxygens (including phenoxy) is 2. The molecule has 5 rings (SSSR count). The van der Waals surface area contributed by atoms with Crippen molar-refractivity contribution in [1.29, 1.82) is 0 Å². The van der Waals surface area contributed by atoms with Crippen molar-refractivity contribution < 1.29 is 27.5 Å². The summed E-state index contributed by atoms with van der Waals surface area (Å²) in [5.74, 6) is -0.277.